The van der Waals surface area contributed by atoms with Crippen LogP contribution < -0.4 is 10.1 Å². The molecule has 0 spiro atoms. The van der Waals surface area contributed by atoms with Crippen LogP contribution >= 0.6 is 0 Å². The number of alkyl halides is 2. The van der Waals surface area contributed by atoms with Gasteiger partial charge < -0.3 is 20.3 Å². The van der Waals surface area contributed by atoms with Crippen molar-refractivity contribution in [3.8, 4) is 16.9 Å². The highest BCUT2D eigenvalue weighted by atomic mass is 19.3. The lowest BCUT2D eigenvalue weighted by molar-refractivity contribution is -0.140. The average molecular weight is 439 g/mol. The first-order valence-electron chi connectivity index (χ1n) is 9.21. The van der Waals surface area contributed by atoms with Crippen molar-refractivity contribution in [2.45, 2.75) is 38.3 Å². The second-order valence-electron chi connectivity index (χ2n) is 6.64. The van der Waals surface area contributed by atoms with Crippen molar-refractivity contribution in [3.63, 3.8) is 0 Å². The zero-order valence-electron chi connectivity index (χ0n) is 16.2. The largest absolute Gasteiger partial charge is 0.481 e. The molecule has 3 N–H and O–H groups in total. The van der Waals surface area contributed by atoms with Crippen LogP contribution in [0, 0.1) is 5.82 Å². The Morgan fingerprint density at radius 2 is 1.68 bits per heavy atom. The molecule has 166 valence electrons. The number of benzene rings is 2. The summed E-state index contributed by atoms with van der Waals surface area (Å²) in [5.41, 5.74) is 0.673. The first-order chi connectivity index (χ1) is 14.7. The Kier molecular flexibility index (Phi) is 8.42. The summed E-state index contributed by atoms with van der Waals surface area (Å²) >= 11 is 0. The molecule has 1 amide bonds. The molecule has 2 aromatic carbocycles. The number of nitrogens with one attached hydrogen (secondary N) is 1. The lowest BCUT2D eigenvalue weighted by Crippen LogP contribution is -2.38. The van der Waals surface area contributed by atoms with Crippen molar-refractivity contribution in [2.24, 2.45) is 0 Å². The molecule has 31 heavy (non-hydrogen) atoms. The maximum Gasteiger partial charge on any atom is 0.387 e. The minimum absolute atomic E-state index is 0.00222. The quantitative estimate of drug-likeness (QED) is 0.494. The van der Waals surface area contributed by atoms with Crippen LogP contribution in [0.25, 0.3) is 11.1 Å². The number of carbonyl (C=O) groups excluding carboxylic acids is 1. The molecule has 2 rings (SSSR count). The number of aliphatic carboxylic acids is 2. The minimum atomic E-state index is -3.16. The van der Waals surface area contributed by atoms with Crippen LogP contribution in [0.5, 0.6) is 5.75 Å². The van der Waals surface area contributed by atoms with Gasteiger partial charge in [-0.05, 0) is 29.2 Å². The second kappa shape index (κ2) is 11.0. The van der Waals surface area contributed by atoms with E-state index in [0.717, 1.165) is 6.07 Å². The van der Waals surface area contributed by atoms with Gasteiger partial charge in [-0.15, -0.1) is 0 Å². The molecule has 1 atom stereocenters. The highest BCUT2D eigenvalue weighted by Gasteiger charge is 2.22. The topological polar surface area (TPSA) is 113 Å². The third-order valence-corrected chi connectivity index (χ3v) is 4.28. The van der Waals surface area contributed by atoms with E-state index in [-0.39, 0.29) is 24.0 Å². The Labute approximate surface area is 175 Å². The summed E-state index contributed by atoms with van der Waals surface area (Å²) in [6, 6.07) is 9.15. The van der Waals surface area contributed by atoms with E-state index in [1.54, 1.807) is 30.3 Å². The monoisotopic (exact) mass is 439 g/mol. The average Bonchev–Trinajstić information content (AvgIpc) is 2.68. The summed E-state index contributed by atoms with van der Waals surface area (Å²) in [6.45, 7) is -3.16. The Balaban J connectivity index is 2.39. The number of carboxylic acids is 2. The van der Waals surface area contributed by atoms with Gasteiger partial charge in [-0.3, -0.25) is 14.4 Å². The van der Waals surface area contributed by atoms with Gasteiger partial charge in [-0.2, -0.15) is 8.78 Å². The van der Waals surface area contributed by atoms with E-state index in [0.29, 0.717) is 5.56 Å². The SMILES string of the molecule is O=C(O)CCC(=O)NC(CC(=O)O)Cc1c(F)cc(OC(F)F)cc1-c1ccccc1. The van der Waals surface area contributed by atoms with Crippen LogP contribution in [0.15, 0.2) is 42.5 Å². The summed E-state index contributed by atoms with van der Waals surface area (Å²) < 4.78 is 44.4. The van der Waals surface area contributed by atoms with Crippen LogP contribution in [-0.4, -0.2) is 40.7 Å². The van der Waals surface area contributed by atoms with Gasteiger partial charge in [0.1, 0.15) is 11.6 Å². The molecular weight excluding hydrogens is 419 g/mol. The number of carboxylic acid groups (broad SMARTS) is 2. The van der Waals surface area contributed by atoms with Crippen molar-refractivity contribution in [1.29, 1.82) is 0 Å². The normalized spacial score (nSPS) is 11.7. The lowest BCUT2D eigenvalue weighted by atomic mass is 9.93. The van der Waals surface area contributed by atoms with Crippen molar-refractivity contribution in [1.82, 2.24) is 5.32 Å². The first kappa shape index (κ1) is 23.7. The van der Waals surface area contributed by atoms with Gasteiger partial charge in [-0.1, -0.05) is 30.3 Å². The molecule has 1 unspecified atom stereocenters. The van der Waals surface area contributed by atoms with Crippen LogP contribution in [0.1, 0.15) is 24.8 Å². The Hall–Kier alpha value is -3.56. The molecule has 10 heteroatoms. The fraction of sp³-hybridized carbons (Fsp3) is 0.286. The smallest absolute Gasteiger partial charge is 0.387 e. The van der Waals surface area contributed by atoms with Gasteiger partial charge >= 0.3 is 18.6 Å². The van der Waals surface area contributed by atoms with Gasteiger partial charge in [0.2, 0.25) is 5.91 Å². The van der Waals surface area contributed by atoms with Crippen LogP contribution in [0.2, 0.25) is 0 Å². The van der Waals surface area contributed by atoms with E-state index in [2.05, 4.69) is 10.1 Å². The maximum absolute atomic E-state index is 14.9. The molecule has 0 aliphatic heterocycles. The summed E-state index contributed by atoms with van der Waals surface area (Å²) in [4.78, 5) is 33.8. The minimum Gasteiger partial charge on any atom is -0.481 e. The van der Waals surface area contributed by atoms with E-state index < -0.39 is 54.9 Å². The molecular formula is C21H20F3NO6. The Morgan fingerprint density at radius 3 is 2.26 bits per heavy atom. The molecule has 0 aliphatic rings. The highest BCUT2D eigenvalue weighted by molar-refractivity contribution is 5.81. The van der Waals surface area contributed by atoms with Gasteiger partial charge in [0.15, 0.2) is 0 Å². The van der Waals surface area contributed by atoms with Crippen molar-refractivity contribution in [2.75, 3.05) is 0 Å². The van der Waals surface area contributed by atoms with Crippen LogP contribution in [0.4, 0.5) is 13.2 Å². The lowest BCUT2D eigenvalue weighted by Gasteiger charge is -2.20. The molecule has 2 aromatic rings. The predicted molar refractivity (Wildman–Crippen MR) is 103 cm³/mol. The maximum atomic E-state index is 14.9. The summed E-state index contributed by atoms with van der Waals surface area (Å²) in [6.07, 6.45) is -1.65. The van der Waals surface area contributed by atoms with E-state index >= 15 is 0 Å². The van der Waals surface area contributed by atoms with Gasteiger partial charge in [0, 0.05) is 18.5 Å². The number of rotatable bonds is 11. The first-order valence-corrected chi connectivity index (χ1v) is 9.21. The van der Waals surface area contributed by atoms with Crippen molar-refractivity contribution in [3.05, 3.63) is 53.8 Å². The number of hydrogen-bond acceptors (Lipinski definition) is 4. The fourth-order valence-electron chi connectivity index (χ4n) is 3.02. The molecule has 0 aromatic heterocycles. The summed E-state index contributed by atoms with van der Waals surface area (Å²) in [7, 11) is 0. The van der Waals surface area contributed by atoms with E-state index in [9.17, 15) is 27.6 Å². The number of halogens is 3. The second-order valence-corrected chi connectivity index (χ2v) is 6.64. The van der Waals surface area contributed by atoms with Crippen LogP contribution in [0.3, 0.4) is 0 Å². The molecule has 0 aliphatic carbocycles. The zero-order chi connectivity index (χ0) is 23.0. The molecule has 0 saturated heterocycles. The van der Waals surface area contributed by atoms with Gasteiger partial charge in [0.05, 0.1) is 12.8 Å². The van der Waals surface area contributed by atoms with Crippen LogP contribution in [-0.2, 0) is 20.8 Å². The van der Waals surface area contributed by atoms with Gasteiger partial charge in [-0.25, -0.2) is 4.39 Å². The predicted octanol–water partition coefficient (Wildman–Crippen LogP) is 3.46. The fourth-order valence-corrected chi connectivity index (χ4v) is 3.02. The van der Waals surface area contributed by atoms with Gasteiger partial charge in [0.25, 0.3) is 0 Å². The summed E-state index contributed by atoms with van der Waals surface area (Å²) in [5.74, 6) is -4.48. The van der Waals surface area contributed by atoms with E-state index in [4.69, 9.17) is 10.2 Å². The molecule has 0 saturated carbocycles. The highest BCUT2D eigenvalue weighted by Crippen LogP contribution is 2.32. The molecule has 0 bridgehead atoms. The van der Waals surface area contributed by atoms with E-state index in [1.807, 2.05) is 0 Å². The van der Waals surface area contributed by atoms with Crippen molar-refractivity contribution >= 4 is 17.8 Å². The number of ether oxygens (including phenoxy) is 1. The number of carbonyl (C=O) groups is 3. The van der Waals surface area contributed by atoms with Crippen molar-refractivity contribution < 1.29 is 42.5 Å². The summed E-state index contributed by atoms with van der Waals surface area (Å²) in [5, 5.41) is 20.2. The Morgan fingerprint density at radius 1 is 1.00 bits per heavy atom. The zero-order valence-corrected chi connectivity index (χ0v) is 16.2. The molecule has 0 radical (unpaired) electrons. The number of hydrogen-bond donors (Lipinski definition) is 3. The molecule has 0 fully saturated rings. The molecule has 7 nitrogen and oxygen atoms in total. The standard InChI is InChI=1S/C21H20F3NO6/c22-17-11-14(31-21(23)24)10-15(12-4-2-1-3-5-12)16(17)8-13(9-20(29)30)25-18(26)6-7-19(27)28/h1-5,10-11,13,21H,6-9H2,(H,25,26)(H,27,28)(H,29,30). The third kappa shape index (κ3) is 7.65. The van der Waals surface area contributed by atoms with E-state index in [1.165, 1.54) is 6.07 Å². The number of amides is 1. The Bertz CT molecular complexity index is 936. The molecule has 0 heterocycles. The third-order valence-electron chi connectivity index (χ3n) is 4.28.